The average Bonchev–Trinajstić information content (AvgIpc) is 2.95. The van der Waals surface area contributed by atoms with E-state index >= 15 is 0 Å². The average molecular weight is 318 g/mol. The van der Waals surface area contributed by atoms with Crippen molar-refractivity contribution >= 4 is 40.1 Å². The van der Waals surface area contributed by atoms with Crippen LogP contribution in [-0.4, -0.2) is 22.1 Å². The third kappa shape index (κ3) is 2.30. The van der Waals surface area contributed by atoms with Gasteiger partial charge in [0.2, 0.25) is 11.4 Å². The van der Waals surface area contributed by atoms with Gasteiger partial charge in [0.1, 0.15) is 5.75 Å². The van der Waals surface area contributed by atoms with Crippen LogP contribution in [0.5, 0.6) is 5.75 Å². The van der Waals surface area contributed by atoms with Crippen molar-refractivity contribution in [1.82, 2.24) is 0 Å². The van der Waals surface area contributed by atoms with Crippen molar-refractivity contribution in [3.05, 3.63) is 65.1 Å². The van der Waals surface area contributed by atoms with Crippen LogP contribution in [0.3, 0.4) is 0 Å². The standard InChI is InChI=1S/C18H11N3O3/c22-17-8-12-4-2-1-3-11(12)7-14(17)18(23)20-13-5-6-15-16(9-13)21(24)10-19-15/h1-10H,(H-,20,22,23,24)/p+1. The summed E-state index contributed by atoms with van der Waals surface area (Å²) < 4.78 is 0.637. The monoisotopic (exact) mass is 318 g/mol. The van der Waals surface area contributed by atoms with Gasteiger partial charge >= 0.3 is 6.34 Å². The Kier molecular flexibility index (Phi) is 3.09. The topological polar surface area (TPSA) is 81.8 Å². The van der Waals surface area contributed by atoms with Crippen molar-refractivity contribution in [2.45, 2.75) is 0 Å². The van der Waals surface area contributed by atoms with Gasteiger partial charge in [-0.3, -0.25) is 4.79 Å². The van der Waals surface area contributed by atoms with Crippen molar-refractivity contribution < 1.29 is 14.7 Å². The van der Waals surface area contributed by atoms with E-state index < -0.39 is 5.91 Å². The summed E-state index contributed by atoms with van der Waals surface area (Å²) in [7, 11) is 0. The molecule has 0 fully saturated rings. The number of aromatic hydroxyl groups is 1. The number of hydrogen-bond donors (Lipinski definition) is 2. The molecule has 0 spiro atoms. The number of phenolic OH excluding ortho intramolecular Hbond substituents is 1. The molecule has 1 heterocycles. The summed E-state index contributed by atoms with van der Waals surface area (Å²) in [5.41, 5.74) is 1.55. The third-order valence-corrected chi connectivity index (χ3v) is 3.88. The lowest BCUT2D eigenvalue weighted by Crippen LogP contribution is -2.12. The fourth-order valence-corrected chi connectivity index (χ4v) is 2.67. The van der Waals surface area contributed by atoms with Crippen LogP contribution >= 0.6 is 0 Å². The molecule has 0 aliphatic carbocycles. The van der Waals surface area contributed by atoms with Crippen molar-refractivity contribution in [3.8, 4) is 5.75 Å². The zero-order valence-corrected chi connectivity index (χ0v) is 12.4. The van der Waals surface area contributed by atoms with Gasteiger partial charge in [0.15, 0.2) is 0 Å². The van der Waals surface area contributed by atoms with Gasteiger partial charge in [-0.2, -0.15) is 0 Å². The van der Waals surface area contributed by atoms with Crippen molar-refractivity contribution in [3.63, 3.8) is 0 Å². The Hall–Kier alpha value is -3.54. The molecule has 0 saturated heterocycles. The highest BCUT2D eigenvalue weighted by molar-refractivity contribution is 6.08. The maximum Gasteiger partial charge on any atom is 0.331 e. The summed E-state index contributed by atoms with van der Waals surface area (Å²) in [5, 5.41) is 14.5. The molecule has 0 aromatic heterocycles. The highest BCUT2D eigenvalue weighted by Crippen LogP contribution is 2.34. The lowest BCUT2D eigenvalue weighted by molar-refractivity contribution is -0.314. The molecule has 3 aromatic rings. The number of fused-ring (bicyclic) bond motifs is 2. The second-order valence-corrected chi connectivity index (χ2v) is 5.44. The predicted octanol–water partition coefficient (Wildman–Crippen LogP) is 3.88. The lowest BCUT2D eigenvalue weighted by Gasteiger charge is -2.08. The smallest absolute Gasteiger partial charge is 0.331 e. The number of nitrogens with zero attached hydrogens (tertiary/aromatic N) is 2. The number of hydrogen-bond acceptors (Lipinski definition) is 4. The Balaban J connectivity index is 1.66. The summed E-state index contributed by atoms with van der Waals surface area (Å²) in [4.78, 5) is 28.0. The van der Waals surface area contributed by atoms with Crippen molar-refractivity contribution in [1.29, 1.82) is 0 Å². The summed E-state index contributed by atoms with van der Waals surface area (Å²) in [5.74, 6) is -0.546. The van der Waals surface area contributed by atoms with E-state index in [1.165, 1.54) is 6.34 Å². The maximum absolute atomic E-state index is 12.5. The number of carbonyl (C=O) groups excluding carboxylic acids is 1. The highest BCUT2D eigenvalue weighted by atomic mass is 16.3. The number of rotatable bonds is 2. The van der Waals surface area contributed by atoms with Crippen LogP contribution < -0.4 is 5.32 Å². The molecular weight excluding hydrogens is 306 g/mol. The van der Waals surface area contributed by atoms with Crippen LogP contribution in [-0.2, 0) is 0 Å². The van der Waals surface area contributed by atoms with E-state index in [4.69, 9.17) is 0 Å². The first kappa shape index (κ1) is 14.1. The number of aliphatic imine (C=N–C) groups is 1. The SMILES string of the molecule is O=C(Nc1ccc2c(c1)[N+](=O)C=N2)c1cc2ccccc2cc1O. The number of nitrogens with one attached hydrogen (secondary N) is 1. The van der Waals surface area contributed by atoms with Crippen LogP contribution in [0.4, 0.5) is 17.1 Å². The summed E-state index contributed by atoms with van der Waals surface area (Å²) in [6.45, 7) is 0. The van der Waals surface area contributed by atoms with Gasteiger partial charge in [-0.25, -0.2) is 0 Å². The minimum Gasteiger partial charge on any atom is -0.507 e. The van der Waals surface area contributed by atoms with E-state index in [0.29, 0.717) is 21.8 Å². The Morgan fingerprint density at radius 2 is 1.79 bits per heavy atom. The van der Waals surface area contributed by atoms with Crippen LogP contribution in [0.25, 0.3) is 10.8 Å². The number of amides is 1. The molecule has 3 aromatic carbocycles. The van der Waals surface area contributed by atoms with Gasteiger partial charge in [-0.05, 0) is 40.0 Å². The Morgan fingerprint density at radius 3 is 2.58 bits per heavy atom. The largest absolute Gasteiger partial charge is 0.507 e. The van der Waals surface area contributed by atoms with E-state index in [1.807, 2.05) is 24.3 Å². The van der Waals surface area contributed by atoms with Gasteiger partial charge in [0.25, 0.3) is 5.91 Å². The minimum atomic E-state index is -0.449. The van der Waals surface area contributed by atoms with Gasteiger partial charge < -0.3 is 10.4 Å². The van der Waals surface area contributed by atoms with Gasteiger partial charge in [-0.1, -0.05) is 29.2 Å². The van der Waals surface area contributed by atoms with Crippen LogP contribution in [0, 0.1) is 4.91 Å². The minimum absolute atomic E-state index is 0.0962. The van der Waals surface area contributed by atoms with Crippen molar-refractivity contribution in [2.75, 3.05) is 5.32 Å². The zero-order valence-electron chi connectivity index (χ0n) is 12.4. The lowest BCUT2D eigenvalue weighted by atomic mass is 10.1. The predicted molar refractivity (Wildman–Crippen MR) is 91.4 cm³/mol. The van der Waals surface area contributed by atoms with Gasteiger partial charge in [0, 0.05) is 16.5 Å². The van der Waals surface area contributed by atoms with E-state index in [1.54, 1.807) is 30.3 Å². The number of nitroso groups, excluding NO2 is 1. The molecule has 2 N–H and O–H groups in total. The molecule has 0 radical (unpaired) electrons. The molecule has 1 aliphatic heterocycles. The molecule has 0 unspecified atom stereocenters. The molecule has 1 aliphatic rings. The molecule has 0 saturated carbocycles. The van der Waals surface area contributed by atoms with E-state index in [9.17, 15) is 14.8 Å². The van der Waals surface area contributed by atoms with E-state index in [0.717, 1.165) is 10.8 Å². The first-order valence-electron chi connectivity index (χ1n) is 7.29. The van der Waals surface area contributed by atoms with Crippen LogP contribution in [0.15, 0.2) is 59.6 Å². The first-order chi connectivity index (χ1) is 11.6. The van der Waals surface area contributed by atoms with Crippen LogP contribution in [0.1, 0.15) is 10.4 Å². The molecular formula is C18H12N3O3+. The molecule has 6 heteroatoms. The molecule has 1 amide bonds. The summed E-state index contributed by atoms with van der Waals surface area (Å²) in [6.07, 6.45) is 1.17. The molecule has 0 bridgehead atoms. The van der Waals surface area contributed by atoms with E-state index in [-0.39, 0.29) is 11.3 Å². The molecule has 4 rings (SSSR count). The van der Waals surface area contributed by atoms with Crippen LogP contribution in [0.2, 0.25) is 0 Å². The highest BCUT2D eigenvalue weighted by Gasteiger charge is 2.24. The van der Waals surface area contributed by atoms with Crippen molar-refractivity contribution in [2.24, 2.45) is 4.99 Å². The summed E-state index contributed by atoms with van der Waals surface area (Å²) in [6, 6.07) is 15.5. The number of phenols is 1. The fourth-order valence-electron chi connectivity index (χ4n) is 2.67. The third-order valence-electron chi connectivity index (χ3n) is 3.88. The molecule has 0 atom stereocenters. The normalized spacial score (nSPS) is 12.4. The van der Waals surface area contributed by atoms with E-state index in [2.05, 4.69) is 10.3 Å². The first-order valence-corrected chi connectivity index (χ1v) is 7.29. The number of anilines is 1. The molecule has 116 valence electrons. The second kappa shape index (κ2) is 5.27. The Bertz CT molecular complexity index is 1040. The Labute approximate surface area is 136 Å². The number of benzene rings is 3. The quantitative estimate of drug-likeness (QED) is 0.703. The van der Waals surface area contributed by atoms with Gasteiger partial charge in [0.05, 0.1) is 5.56 Å². The molecule has 6 nitrogen and oxygen atoms in total. The molecule has 24 heavy (non-hydrogen) atoms. The maximum atomic E-state index is 12.5. The zero-order chi connectivity index (χ0) is 16.7. The summed E-state index contributed by atoms with van der Waals surface area (Å²) >= 11 is 0. The van der Waals surface area contributed by atoms with Gasteiger partial charge in [-0.15, -0.1) is 0 Å². The fraction of sp³-hybridized carbons (Fsp3) is 0. The Morgan fingerprint density at radius 1 is 1.04 bits per heavy atom. The second-order valence-electron chi connectivity index (χ2n) is 5.44. The number of carbonyl (C=O) groups is 1.